The Morgan fingerprint density at radius 2 is 2.05 bits per heavy atom. The van der Waals surface area contributed by atoms with Crippen molar-refractivity contribution in [3.63, 3.8) is 0 Å². The first-order valence-corrected chi connectivity index (χ1v) is 7.84. The summed E-state index contributed by atoms with van der Waals surface area (Å²) in [4.78, 5) is 13.5. The van der Waals surface area contributed by atoms with Gasteiger partial charge in [-0.2, -0.15) is 4.98 Å². The maximum atomic E-state index is 5.61. The molecule has 0 aliphatic carbocycles. The van der Waals surface area contributed by atoms with Crippen LogP contribution in [0.5, 0.6) is 5.88 Å². The third-order valence-electron chi connectivity index (χ3n) is 3.03. The molecule has 0 radical (unpaired) electrons. The first-order chi connectivity index (χ1) is 9.19. The van der Waals surface area contributed by atoms with Crippen LogP contribution in [0.1, 0.15) is 13.8 Å². The number of rotatable bonds is 5. The second kappa shape index (κ2) is 7.05. The van der Waals surface area contributed by atoms with Crippen LogP contribution in [0.4, 0.5) is 5.95 Å². The van der Waals surface area contributed by atoms with Gasteiger partial charge in [-0.15, -0.1) is 0 Å². The number of hydrogen-bond acceptors (Lipinski definition) is 5. The van der Waals surface area contributed by atoms with Gasteiger partial charge in [-0.3, -0.25) is 4.90 Å². The molecule has 0 amide bonds. The Hall–Kier alpha value is -0.880. The third-order valence-corrected chi connectivity index (χ3v) is 3.38. The van der Waals surface area contributed by atoms with Gasteiger partial charge in [0.25, 0.3) is 0 Å². The molecule has 1 fully saturated rings. The predicted molar refractivity (Wildman–Crippen MR) is 80.2 cm³/mol. The molecule has 0 spiro atoms. The molecule has 1 aliphatic rings. The smallest absolute Gasteiger partial charge is 0.228 e. The molecule has 0 aromatic carbocycles. The Balaban J connectivity index is 1.95. The number of halogens is 1. The molecule has 0 saturated carbocycles. The van der Waals surface area contributed by atoms with Crippen LogP contribution in [0.15, 0.2) is 12.3 Å². The quantitative estimate of drug-likeness (QED) is 0.771. The summed E-state index contributed by atoms with van der Waals surface area (Å²) in [6, 6.07) is 1.81. The van der Waals surface area contributed by atoms with Gasteiger partial charge >= 0.3 is 0 Å². The van der Waals surface area contributed by atoms with Crippen molar-refractivity contribution in [1.82, 2.24) is 14.9 Å². The fraction of sp³-hybridized carbons (Fsp3) is 0.692. The van der Waals surface area contributed by atoms with Crippen molar-refractivity contribution in [3.8, 4) is 5.88 Å². The minimum absolute atomic E-state index is 0.138. The van der Waals surface area contributed by atoms with E-state index >= 15 is 0 Å². The number of hydrogen-bond donors (Lipinski definition) is 0. The molecular formula is C13H21BrN4O. The highest BCUT2D eigenvalue weighted by Crippen LogP contribution is 2.15. The van der Waals surface area contributed by atoms with E-state index in [0.29, 0.717) is 5.88 Å². The molecule has 2 heterocycles. The lowest BCUT2D eigenvalue weighted by Gasteiger charge is -2.34. The Labute approximate surface area is 123 Å². The average molecular weight is 329 g/mol. The van der Waals surface area contributed by atoms with E-state index in [1.54, 1.807) is 6.20 Å². The van der Waals surface area contributed by atoms with Crippen molar-refractivity contribution in [2.45, 2.75) is 20.0 Å². The van der Waals surface area contributed by atoms with E-state index in [0.717, 1.165) is 44.0 Å². The highest BCUT2D eigenvalue weighted by Gasteiger charge is 2.18. The lowest BCUT2D eigenvalue weighted by atomic mass is 10.3. The van der Waals surface area contributed by atoms with Crippen LogP contribution in [0.25, 0.3) is 0 Å². The largest absolute Gasteiger partial charge is 0.475 e. The van der Waals surface area contributed by atoms with Gasteiger partial charge in [-0.1, -0.05) is 15.9 Å². The van der Waals surface area contributed by atoms with E-state index in [2.05, 4.69) is 35.7 Å². The Morgan fingerprint density at radius 3 is 2.68 bits per heavy atom. The summed E-state index contributed by atoms with van der Waals surface area (Å²) in [6.45, 7) is 9.16. The monoisotopic (exact) mass is 328 g/mol. The number of alkyl halides is 1. The summed E-state index contributed by atoms with van der Waals surface area (Å²) in [6.07, 6.45) is 1.91. The highest BCUT2D eigenvalue weighted by atomic mass is 79.9. The Bertz CT molecular complexity index is 394. The van der Waals surface area contributed by atoms with E-state index in [-0.39, 0.29) is 6.10 Å². The summed E-state index contributed by atoms with van der Waals surface area (Å²) >= 11 is 3.48. The molecule has 1 aliphatic heterocycles. The fourth-order valence-corrected chi connectivity index (χ4v) is 2.58. The van der Waals surface area contributed by atoms with Gasteiger partial charge < -0.3 is 9.64 Å². The fourth-order valence-electron chi connectivity index (χ4n) is 2.08. The molecule has 0 N–H and O–H groups in total. The highest BCUT2D eigenvalue weighted by molar-refractivity contribution is 9.09. The van der Waals surface area contributed by atoms with Gasteiger partial charge in [0, 0.05) is 50.3 Å². The van der Waals surface area contributed by atoms with Crippen LogP contribution in [0.2, 0.25) is 0 Å². The average Bonchev–Trinajstić information content (AvgIpc) is 2.39. The molecular weight excluding hydrogens is 308 g/mol. The van der Waals surface area contributed by atoms with Crippen LogP contribution >= 0.6 is 15.9 Å². The van der Waals surface area contributed by atoms with Gasteiger partial charge in [0.2, 0.25) is 11.8 Å². The molecule has 0 unspecified atom stereocenters. The number of anilines is 1. The van der Waals surface area contributed by atoms with Crippen molar-refractivity contribution in [3.05, 3.63) is 12.3 Å². The number of aromatic nitrogens is 2. The van der Waals surface area contributed by atoms with Crippen LogP contribution in [0.3, 0.4) is 0 Å². The summed E-state index contributed by atoms with van der Waals surface area (Å²) in [5, 5.41) is 1.03. The predicted octanol–water partition coefficient (Wildman–Crippen LogP) is 1.78. The zero-order chi connectivity index (χ0) is 13.7. The molecule has 106 valence electrons. The van der Waals surface area contributed by atoms with Crippen molar-refractivity contribution in [2.24, 2.45) is 0 Å². The van der Waals surface area contributed by atoms with E-state index < -0.39 is 0 Å². The van der Waals surface area contributed by atoms with Crippen LogP contribution < -0.4 is 9.64 Å². The van der Waals surface area contributed by atoms with Gasteiger partial charge in [0.1, 0.15) is 0 Å². The standard InChI is InChI=1S/C13H21BrN4O/c1-11(2)19-12-3-5-15-13(16-12)18-9-7-17(6-4-14)8-10-18/h3,5,11H,4,6-10H2,1-2H3. The van der Waals surface area contributed by atoms with Crippen molar-refractivity contribution >= 4 is 21.9 Å². The topological polar surface area (TPSA) is 41.5 Å². The summed E-state index contributed by atoms with van der Waals surface area (Å²) in [7, 11) is 0. The zero-order valence-corrected chi connectivity index (χ0v) is 13.1. The molecule has 0 atom stereocenters. The van der Waals surface area contributed by atoms with Crippen molar-refractivity contribution in [2.75, 3.05) is 43.0 Å². The first-order valence-electron chi connectivity index (χ1n) is 6.72. The normalized spacial score (nSPS) is 16.9. The molecule has 1 aromatic heterocycles. The van der Waals surface area contributed by atoms with Gasteiger partial charge in [-0.05, 0) is 13.8 Å². The van der Waals surface area contributed by atoms with E-state index in [4.69, 9.17) is 4.74 Å². The van der Waals surface area contributed by atoms with Crippen molar-refractivity contribution in [1.29, 1.82) is 0 Å². The maximum absolute atomic E-state index is 5.61. The number of nitrogens with zero attached hydrogens (tertiary/aromatic N) is 4. The molecule has 1 aromatic rings. The minimum Gasteiger partial charge on any atom is -0.475 e. The van der Waals surface area contributed by atoms with E-state index in [1.165, 1.54) is 0 Å². The second-order valence-electron chi connectivity index (χ2n) is 4.88. The number of ether oxygens (including phenoxy) is 1. The molecule has 1 saturated heterocycles. The molecule has 0 bridgehead atoms. The molecule has 19 heavy (non-hydrogen) atoms. The van der Waals surface area contributed by atoms with Crippen LogP contribution in [-0.2, 0) is 0 Å². The molecule has 2 rings (SSSR count). The minimum atomic E-state index is 0.138. The molecule has 5 nitrogen and oxygen atoms in total. The second-order valence-corrected chi connectivity index (χ2v) is 5.67. The maximum Gasteiger partial charge on any atom is 0.228 e. The third kappa shape index (κ3) is 4.31. The Morgan fingerprint density at radius 1 is 1.32 bits per heavy atom. The summed E-state index contributed by atoms with van der Waals surface area (Å²) in [5.41, 5.74) is 0. The van der Waals surface area contributed by atoms with Crippen molar-refractivity contribution < 1.29 is 4.74 Å². The van der Waals surface area contributed by atoms with E-state index in [9.17, 15) is 0 Å². The molecule has 6 heteroatoms. The lowest BCUT2D eigenvalue weighted by molar-refractivity contribution is 0.231. The van der Waals surface area contributed by atoms with Crippen LogP contribution in [0, 0.1) is 0 Å². The van der Waals surface area contributed by atoms with Gasteiger partial charge in [0.05, 0.1) is 6.10 Å². The summed E-state index contributed by atoms with van der Waals surface area (Å²) < 4.78 is 5.61. The Kier molecular flexibility index (Phi) is 5.39. The summed E-state index contributed by atoms with van der Waals surface area (Å²) in [5.74, 6) is 1.43. The lowest BCUT2D eigenvalue weighted by Crippen LogP contribution is -2.47. The SMILES string of the molecule is CC(C)Oc1ccnc(N2CCN(CCBr)CC2)n1. The van der Waals surface area contributed by atoms with Gasteiger partial charge in [0.15, 0.2) is 0 Å². The first kappa shape index (κ1) is 14.5. The van der Waals surface area contributed by atoms with Gasteiger partial charge in [-0.25, -0.2) is 4.98 Å². The number of piperazine rings is 1. The van der Waals surface area contributed by atoms with Crippen LogP contribution in [-0.4, -0.2) is 59.0 Å². The zero-order valence-electron chi connectivity index (χ0n) is 11.5. The van der Waals surface area contributed by atoms with E-state index in [1.807, 2.05) is 19.9 Å².